The molecule has 0 N–H and O–H groups in total. The first kappa shape index (κ1) is 19.8. The topological polar surface area (TPSA) is 93.7 Å². The highest BCUT2D eigenvalue weighted by atomic mass is 35.5. The number of ether oxygens (including phenoxy) is 1. The number of hydrogen-bond donors (Lipinski definition) is 0. The molecule has 0 unspecified atom stereocenters. The van der Waals surface area contributed by atoms with Crippen molar-refractivity contribution in [3.8, 4) is 0 Å². The van der Waals surface area contributed by atoms with E-state index in [0.29, 0.717) is 54.9 Å². The molecule has 9 nitrogen and oxygen atoms in total. The summed E-state index contributed by atoms with van der Waals surface area (Å²) < 4.78 is 12.9. The number of amides is 2. The van der Waals surface area contributed by atoms with E-state index in [1.54, 1.807) is 26.6 Å². The van der Waals surface area contributed by atoms with Crippen molar-refractivity contribution in [1.82, 2.24) is 24.8 Å². The summed E-state index contributed by atoms with van der Waals surface area (Å²) in [6, 6.07) is 10.8. The molecular weight excluding hydrogens is 422 g/mol. The molecule has 0 aliphatic carbocycles. The molecule has 5 rings (SSSR count). The van der Waals surface area contributed by atoms with Crippen molar-refractivity contribution in [1.29, 1.82) is 0 Å². The summed E-state index contributed by atoms with van der Waals surface area (Å²) in [6.07, 6.45) is 1.30. The number of carbonyl (C=O) groups is 2. The molecule has 0 saturated carbocycles. The molecule has 1 saturated heterocycles. The van der Waals surface area contributed by atoms with Gasteiger partial charge in [0.25, 0.3) is 11.8 Å². The summed E-state index contributed by atoms with van der Waals surface area (Å²) in [7, 11) is 0. The molecule has 3 aromatic rings. The fourth-order valence-electron chi connectivity index (χ4n) is 3.88. The first-order valence-electron chi connectivity index (χ1n) is 10.0. The average Bonchev–Trinajstić information content (AvgIpc) is 3.49. The molecule has 160 valence electrons. The van der Waals surface area contributed by atoms with E-state index in [4.69, 9.17) is 20.8 Å². The second-order valence-corrected chi connectivity index (χ2v) is 7.92. The number of carbonyl (C=O) groups excluding carboxylic acids is 2. The van der Waals surface area contributed by atoms with Crippen molar-refractivity contribution in [3.63, 3.8) is 0 Å². The van der Waals surface area contributed by atoms with Crippen molar-refractivity contribution in [2.75, 3.05) is 26.2 Å². The number of aromatic nitrogens is 3. The van der Waals surface area contributed by atoms with Crippen LogP contribution in [0.4, 0.5) is 0 Å². The van der Waals surface area contributed by atoms with Gasteiger partial charge in [-0.1, -0.05) is 28.9 Å². The van der Waals surface area contributed by atoms with Crippen LogP contribution in [0.5, 0.6) is 0 Å². The van der Waals surface area contributed by atoms with E-state index in [2.05, 4.69) is 10.3 Å². The molecule has 2 aliphatic rings. The Morgan fingerprint density at radius 1 is 1.00 bits per heavy atom. The van der Waals surface area contributed by atoms with Crippen molar-refractivity contribution >= 4 is 23.4 Å². The highest BCUT2D eigenvalue weighted by Gasteiger charge is 2.32. The van der Waals surface area contributed by atoms with Gasteiger partial charge in [-0.05, 0) is 29.8 Å². The average molecular weight is 442 g/mol. The predicted molar refractivity (Wildman–Crippen MR) is 110 cm³/mol. The van der Waals surface area contributed by atoms with Crippen molar-refractivity contribution in [3.05, 3.63) is 70.4 Å². The number of piperazine rings is 1. The normalized spacial score (nSPS) is 18.7. The summed E-state index contributed by atoms with van der Waals surface area (Å²) in [6.45, 7) is 2.44. The molecule has 0 spiro atoms. The minimum absolute atomic E-state index is 0.167. The van der Waals surface area contributed by atoms with Crippen LogP contribution < -0.4 is 0 Å². The van der Waals surface area contributed by atoms with Crippen molar-refractivity contribution in [2.45, 2.75) is 19.3 Å². The van der Waals surface area contributed by atoms with E-state index in [1.807, 2.05) is 24.3 Å². The zero-order valence-corrected chi connectivity index (χ0v) is 17.4. The van der Waals surface area contributed by atoms with E-state index in [1.165, 1.54) is 6.26 Å². The van der Waals surface area contributed by atoms with Gasteiger partial charge >= 0.3 is 0 Å². The van der Waals surface area contributed by atoms with Gasteiger partial charge in [0.15, 0.2) is 11.5 Å². The van der Waals surface area contributed by atoms with E-state index >= 15 is 0 Å². The molecule has 0 bridgehead atoms. The first-order chi connectivity index (χ1) is 15.1. The van der Waals surface area contributed by atoms with Gasteiger partial charge in [-0.3, -0.25) is 9.59 Å². The van der Waals surface area contributed by atoms with Crippen LogP contribution in [-0.4, -0.2) is 62.8 Å². The van der Waals surface area contributed by atoms with E-state index in [9.17, 15) is 9.59 Å². The maximum atomic E-state index is 13.0. The van der Waals surface area contributed by atoms with E-state index in [0.717, 1.165) is 5.56 Å². The Morgan fingerprint density at radius 3 is 2.39 bits per heavy atom. The fourth-order valence-corrected chi connectivity index (χ4v) is 4.00. The number of fused-ring (bicyclic) bond motifs is 1. The number of halogens is 1. The maximum Gasteiger partial charge on any atom is 0.289 e. The molecular formula is C21H20ClN5O4. The van der Waals surface area contributed by atoms with Gasteiger partial charge < -0.3 is 19.0 Å². The summed E-state index contributed by atoms with van der Waals surface area (Å²) in [5.41, 5.74) is 1.97. The van der Waals surface area contributed by atoms with E-state index in [-0.39, 0.29) is 24.5 Å². The number of rotatable bonds is 3. The minimum atomic E-state index is -0.195. The van der Waals surface area contributed by atoms with Crippen LogP contribution in [0.2, 0.25) is 5.02 Å². The third kappa shape index (κ3) is 3.82. The standard InChI is InChI=1S/C21H20ClN5O4/c22-15-5-3-14(4-6-15)18-12-27-16(13-31-18)19(23-24-27)21(29)26-9-7-25(8-10-26)20(28)17-2-1-11-30-17/h1-6,11,18H,7-10,12-13H2/t18-/m1/s1. The summed E-state index contributed by atoms with van der Waals surface area (Å²) in [4.78, 5) is 28.8. The summed E-state index contributed by atoms with van der Waals surface area (Å²) in [5, 5.41) is 8.98. The molecule has 1 atom stereocenters. The quantitative estimate of drug-likeness (QED) is 0.619. The molecule has 4 heterocycles. The predicted octanol–water partition coefficient (Wildman–Crippen LogP) is 2.39. The largest absolute Gasteiger partial charge is 0.459 e. The Hall–Kier alpha value is -3.17. The van der Waals surface area contributed by atoms with Gasteiger partial charge in [0.1, 0.15) is 6.10 Å². The zero-order chi connectivity index (χ0) is 21.4. The Kier molecular flexibility index (Phi) is 5.21. The summed E-state index contributed by atoms with van der Waals surface area (Å²) >= 11 is 5.96. The Balaban J connectivity index is 1.24. The highest BCUT2D eigenvalue weighted by Crippen LogP contribution is 2.28. The third-order valence-electron chi connectivity index (χ3n) is 5.63. The number of furan rings is 1. The van der Waals surface area contributed by atoms with Crippen LogP contribution in [0.3, 0.4) is 0 Å². The second kappa shape index (κ2) is 8.16. The smallest absolute Gasteiger partial charge is 0.289 e. The Labute approximate surface area is 183 Å². The molecule has 2 aliphatic heterocycles. The molecule has 1 fully saturated rings. The SMILES string of the molecule is O=C(c1ccco1)N1CCN(C(=O)c2nnn3c2CO[C@@H](c2ccc(Cl)cc2)C3)CC1. The number of benzene rings is 1. The lowest BCUT2D eigenvalue weighted by molar-refractivity contribution is -0.00202. The van der Waals surface area contributed by atoms with Gasteiger partial charge in [0, 0.05) is 31.2 Å². The van der Waals surface area contributed by atoms with Crippen molar-refractivity contribution in [2.24, 2.45) is 0 Å². The van der Waals surface area contributed by atoms with Gasteiger partial charge in [-0.25, -0.2) is 4.68 Å². The molecule has 2 amide bonds. The lowest BCUT2D eigenvalue weighted by Gasteiger charge is -2.34. The van der Waals surface area contributed by atoms with Crippen LogP contribution in [0.15, 0.2) is 47.1 Å². The van der Waals surface area contributed by atoms with Crippen LogP contribution in [0.1, 0.15) is 38.4 Å². The Bertz CT molecular complexity index is 1090. The van der Waals surface area contributed by atoms with Gasteiger partial charge in [-0.15, -0.1) is 5.10 Å². The number of nitrogens with zero attached hydrogens (tertiary/aromatic N) is 5. The van der Waals surface area contributed by atoms with Gasteiger partial charge in [0.2, 0.25) is 0 Å². The van der Waals surface area contributed by atoms with Crippen LogP contribution in [0.25, 0.3) is 0 Å². The lowest BCUT2D eigenvalue weighted by Crippen LogP contribution is -2.50. The molecule has 31 heavy (non-hydrogen) atoms. The van der Waals surface area contributed by atoms with Crippen LogP contribution >= 0.6 is 11.6 Å². The minimum Gasteiger partial charge on any atom is -0.459 e. The lowest BCUT2D eigenvalue weighted by atomic mass is 10.1. The molecule has 1 aromatic carbocycles. The fraction of sp³-hybridized carbons (Fsp3) is 0.333. The Morgan fingerprint density at radius 2 is 1.71 bits per heavy atom. The zero-order valence-electron chi connectivity index (χ0n) is 16.6. The molecule has 2 aromatic heterocycles. The first-order valence-corrected chi connectivity index (χ1v) is 10.4. The van der Waals surface area contributed by atoms with Gasteiger partial charge in [0.05, 0.1) is 25.1 Å². The maximum absolute atomic E-state index is 13.0. The monoisotopic (exact) mass is 441 g/mol. The highest BCUT2D eigenvalue weighted by molar-refractivity contribution is 6.30. The van der Waals surface area contributed by atoms with Crippen LogP contribution in [-0.2, 0) is 17.9 Å². The van der Waals surface area contributed by atoms with Crippen molar-refractivity contribution < 1.29 is 18.7 Å². The molecule has 10 heteroatoms. The number of hydrogen-bond acceptors (Lipinski definition) is 6. The van der Waals surface area contributed by atoms with E-state index < -0.39 is 0 Å². The van der Waals surface area contributed by atoms with Gasteiger partial charge in [-0.2, -0.15) is 0 Å². The summed E-state index contributed by atoms with van der Waals surface area (Å²) in [5.74, 6) is -0.0563. The van der Waals surface area contributed by atoms with Crippen LogP contribution in [0, 0.1) is 0 Å². The molecule has 0 radical (unpaired) electrons. The third-order valence-corrected chi connectivity index (χ3v) is 5.88. The second-order valence-electron chi connectivity index (χ2n) is 7.48.